The van der Waals surface area contributed by atoms with Gasteiger partial charge in [0.15, 0.2) is 6.54 Å². The first kappa shape index (κ1) is 20.8. The van der Waals surface area contributed by atoms with E-state index in [0.717, 1.165) is 48.5 Å². The summed E-state index contributed by atoms with van der Waals surface area (Å²) in [4.78, 5) is 18.7. The van der Waals surface area contributed by atoms with E-state index in [9.17, 15) is 4.79 Å². The van der Waals surface area contributed by atoms with Crippen LogP contribution in [-0.4, -0.2) is 50.1 Å². The van der Waals surface area contributed by atoms with Crippen molar-refractivity contribution >= 4 is 28.8 Å². The highest BCUT2D eigenvalue weighted by atomic mass is 35.5. The monoisotopic (exact) mass is 418 g/mol. The van der Waals surface area contributed by atoms with E-state index in [-0.39, 0.29) is 5.91 Å². The molecular formula is C21H27ClN4OS+2. The Morgan fingerprint density at radius 2 is 1.82 bits per heavy atom. The SMILES string of the molecule is CCN(Cc1ccc(Cl)s1)C(=O)C[NH+]1CC[NH+](Cc2ccc(C#N)cc2)CC1. The maximum Gasteiger partial charge on any atom is 0.278 e. The second-order valence-electron chi connectivity index (χ2n) is 7.28. The van der Waals surface area contributed by atoms with Crippen LogP contribution >= 0.6 is 22.9 Å². The van der Waals surface area contributed by atoms with Gasteiger partial charge in [-0.25, -0.2) is 0 Å². The molecule has 148 valence electrons. The first-order valence-corrected chi connectivity index (χ1v) is 10.9. The number of quaternary nitrogens is 2. The maximum absolute atomic E-state index is 12.7. The predicted molar refractivity (Wildman–Crippen MR) is 112 cm³/mol. The Bertz CT molecular complexity index is 822. The third kappa shape index (κ3) is 5.79. The van der Waals surface area contributed by atoms with Gasteiger partial charge in [-0.05, 0) is 31.2 Å². The minimum atomic E-state index is 0.220. The molecule has 0 radical (unpaired) electrons. The third-order valence-electron chi connectivity index (χ3n) is 5.31. The Hall–Kier alpha value is -1.91. The van der Waals surface area contributed by atoms with E-state index in [1.165, 1.54) is 10.5 Å². The number of likely N-dealkylation sites (N-methyl/N-ethyl adjacent to an activating group) is 1. The Kier molecular flexibility index (Phi) is 7.46. The van der Waals surface area contributed by atoms with Crippen LogP contribution in [0.4, 0.5) is 0 Å². The molecule has 3 rings (SSSR count). The molecule has 2 aromatic rings. The van der Waals surface area contributed by atoms with Crippen LogP contribution in [0.2, 0.25) is 4.34 Å². The third-order valence-corrected chi connectivity index (χ3v) is 6.53. The van der Waals surface area contributed by atoms with Crippen molar-refractivity contribution in [3.05, 3.63) is 56.7 Å². The van der Waals surface area contributed by atoms with Crippen LogP contribution in [0.1, 0.15) is 22.9 Å². The molecule has 0 bridgehead atoms. The molecule has 1 amide bonds. The summed E-state index contributed by atoms with van der Waals surface area (Å²) >= 11 is 7.55. The van der Waals surface area contributed by atoms with Gasteiger partial charge in [-0.2, -0.15) is 5.26 Å². The molecule has 0 unspecified atom stereocenters. The Balaban J connectivity index is 1.44. The molecule has 1 aliphatic rings. The normalized spacial score (nSPS) is 19.2. The molecule has 1 fully saturated rings. The number of hydrogen-bond acceptors (Lipinski definition) is 3. The van der Waals surface area contributed by atoms with Gasteiger partial charge in [0.05, 0.1) is 22.5 Å². The van der Waals surface area contributed by atoms with Crippen molar-refractivity contribution in [1.29, 1.82) is 5.26 Å². The molecule has 0 aliphatic carbocycles. The summed E-state index contributed by atoms with van der Waals surface area (Å²) < 4.78 is 0.769. The minimum absolute atomic E-state index is 0.220. The van der Waals surface area contributed by atoms with E-state index in [1.54, 1.807) is 16.2 Å². The van der Waals surface area contributed by atoms with Crippen LogP contribution in [0.3, 0.4) is 0 Å². The molecular weight excluding hydrogens is 392 g/mol. The molecule has 1 aliphatic heterocycles. The van der Waals surface area contributed by atoms with Crippen molar-refractivity contribution in [2.24, 2.45) is 0 Å². The molecule has 0 spiro atoms. The minimum Gasteiger partial charge on any atom is -0.333 e. The van der Waals surface area contributed by atoms with Gasteiger partial charge in [0.2, 0.25) is 0 Å². The number of amides is 1. The first-order chi connectivity index (χ1) is 13.6. The van der Waals surface area contributed by atoms with E-state index >= 15 is 0 Å². The second kappa shape index (κ2) is 10.0. The number of carbonyl (C=O) groups is 1. The standard InChI is InChI=1S/C21H25ClN4OS/c1-2-26(15-19-7-8-20(22)28-19)21(27)16-25-11-9-24(10-12-25)14-18-5-3-17(13-23)4-6-18/h3-8H,2,9-12,14-16H2,1H3/p+2. The van der Waals surface area contributed by atoms with Crippen molar-refractivity contribution in [1.82, 2.24) is 4.90 Å². The zero-order valence-corrected chi connectivity index (χ0v) is 17.8. The fourth-order valence-corrected chi connectivity index (χ4v) is 4.73. The molecule has 28 heavy (non-hydrogen) atoms. The van der Waals surface area contributed by atoms with Crippen molar-refractivity contribution in [2.75, 3.05) is 39.3 Å². The van der Waals surface area contributed by atoms with Crippen LogP contribution in [0, 0.1) is 11.3 Å². The molecule has 2 heterocycles. The van der Waals surface area contributed by atoms with Gasteiger partial charge in [-0.1, -0.05) is 23.7 Å². The highest BCUT2D eigenvalue weighted by Gasteiger charge is 2.26. The van der Waals surface area contributed by atoms with Crippen LogP contribution < -0.4 is 9.80 Å². The molecule has 1 aromatic carbocycles. The summed E-state index contributed by atoms with van der Waals surface area (Å²) in [6.45, 7) is 9.10. The van der Waals surface area contributed by atoms with Crippen LogP contribution in [0.5, 0.6) is 0 Å². The average molecular weight is 419 g/mol. The first-order valence-electron chi connectivity index (χ1n) is 9.75. The molecule has 1 saturated heterocycles. The number of benzene rings is 1. The van der Waals surface area contributed by atoms with Crippen molar-refractivity contribution in [3.8, 4) is 6.07 Å². The van der Waals surface area contributed by atoms with E-state index in [2.05, 4.69) is 6.07 Å². The maximum atomic E-state index is 12.7. The predicted octanol–water partition coefficient (Wildman–Crippen LogP) is 0.605. The number of halogens is 1. The number of nitrogens with zero attached hydrogens (tertiary/aromatic N) is 2. The van der Waals surface area contributed by atoms with Gasteiger partial charge in [0.1, 0.15) is 32.7 Å². The molecule has 2 N–H and O–H groups in total. The molecule has 7 heteroatoms. The van der Waals surface area contributed by atoms with Crippen LogP contribution in [0.25, 0.3) is 0 Å². The smallest absolute Gasteiger partial charge is 0.278 e. The zero-order chi connectivity index (χ0) is 19.9. The highest BCUT2D eigenvalue weighted by Crippen LogP contribution is 2.22. The number of rotatable bonds is 7. The Morgan fingerprint density at radius 3 is 2.39 bits per heavy atom. The highest BCUT2D eigenvalue weighted by molar-refractivity contribution is 7.16. The lowest BCUT2D eigenvalue weighted by Gasteiger charge is -2.30. The summed E-state index contributed by atoms with van der Waals surface area (Å²) in [6, 6.07) is 13.9. The number of thiophene rings is 1. The Labute approximate surface area is 175 Å². The van der Waals surface area contributed by atoms with E-state index in [1.807, 2.05) is 48.2 Å². The van der Waals surface area contributed by atoms with Crippen molar-refractivity contribution in [2.45, 2.75) is 20.0 Å². The topological polar surface area (TPSA) is 53.0 Å². The summed E-state index contributed by atoms with van der Waals surface area (Å²) in [6.07, 6.45) is 0. The largest absolute Gasteiger partial charge is 0.333 e. The van der Waals surface area contributed by atoms with E-state index in [4.69, 9.17) is 16.9 Å². The number of nitriles is 1. The lowest BCUT2D eigenvalue weighted by molar-refractivity contribution is -1.02. The second-order valence-corrected chi connectivity index (χ2v) is 9.08. The summed E-state index contributed by atoms with van der Waals surface area (Å²) in [5, 5.41) is 8.90. The van der Waals surface area contributed by atoms with Gasteiger partial charge >= 0.3 is 0 Å². The van der Waals surface area contributed by atoms with Gasteiger partial charge < -0.3 is 14.7 Å². The number of nitrogens with one attached hydrogen (secondary N) is 2. The summed E-state index contributed by atoms with van der Waals surface area (Å²) in [7, 11) is 0. The number of carbonyl (C=O) groups excluding carboxylic acids is 1. The van der Waals surface area contributed by atoms with Crippen LogP contribution in [0.15, 0.2) is 36.4 Å². The Morgan fingerprint density at radius 1 is 1.14 bits per heavy atom. The lowest BCUT2D eigenvalue weighted by atomic mass is 10.1. The fourth-order valence-electron chi connectivity index (χ4n) is 3.62. The van der Waals surface area contributed by atoms with Crippen molar-refractivity contribution in [3.63, 3.8) is 0 Å². The van der Waals surface area contributed by atoms with Gasteiger partial charge in [0.25, 0.3) is 5.91 Å². The molecule has 0 atom stereocenters. The average Bonchev–Trinajstić information content (AvgIpc) is 3.13. The zero-order valence-electron chi connectivity index (χ0n) is 16.2. The van der Waals surface area contributed by atoms with Gasteiger partial charge in [-0.15, -0.1) is 11.3 Å². The van der Waals surface area contributed by atoms with E-state index < -0.39 is 0 Å². The molecule has 5 nitrogen and oxygen atoms in total. The number of piperazine rings is 1. The molecule has 1 aromatic heterocycles. The molecule has 0 saturated carbocycles. The quantitative estimate of drug-likeness (QED) is 0.692. The van der Waals surface area contributed by atoms with E-state index in [0.29, 0.717) is 18.7 Å². The van der Waals surface area contributed by atoms with Crippen molar-refractivity contribution < 1.29 is 14.6 Å². The van der Waals surface area contributed by atoms with Gasteiger partial charge in [0, 0.05) is 17.0 Å². The van der Waals surface area contributed by atoms with Gasteiger partial charge in [-0.3, -0.25) is 4.79 Å². The van der Waals surface area contributed by atoms with Crippen LogP contribution in [-0.2, 0) is 17.9 Å². The fraction of sp³-hybridized carbons (Fsp3) is 0.429. The lowest BCUT2D eigenvalue weighted by Crippen LogP contribution is -3.28. The number of hydrogen-bond donors (Lipinski definition) is 2. The summed E-state index contributed by atoms with van der Waals surface area (Å²) in [5.74, 6) is 0.220. The summed E-state index contributed by atoms with van der Waals surface area (Å²) in [5.41, 5.74) is 1.97.